The normalized spacial score (nSPS) is 16.2. The van der Waals surface area contributed by atoms with Crippen LogP contribution < -0.4 is 4.74 Å². The third kappa shape index (κ3) is 3.07. The second kappa shape index (κ2) is 7.35. The van der Waals surface area contributed by atoms with Crippen LogP contribution in [-0.4, -0.2) is 14.5 Å². The SMILES string of the molecule is Cc1ccnc2c1nc(C1CC1)n2Cc1ccc2c(c1)COc1ccccc1/C2=C\C#N. The molecular weight excluding hydrogens is 396 g/mol. The Balaban J connectivity index is 1.43. The predicted molar refractivity (Wildman–Crippen MR) is 123 cm³/mol. The van der Waals surface area contributed by atoms with Crippen molar-refractivity contribution in [3.63, 3.8) is 0 Å². The van der Waals surface area contributed by atoms with E-state index in [1.807, 2.05) is 36.5 Å². The van der Waals surface area contributed by atoms with Crippen LogP contribution in [0.15, 0.2) is 60.8 Å². The fourth-order valence-electron chi connectivity index (χ4n) is 4.61. The van der Waals surface area contributed by atoms with Gasteiger partial charge in [-0.1, -0.05) is 30.3 Å². The Kier molecular flexibility index (Phi) is 4.32. The van der Waals surface area contributed by atoms with Gasteiger partial charge in [0.15, 0.2) is 5.65 Å². The molecule has 0 atom stereocenters. The molecule has 2 aromatic carbocycles. The van der Waals surface area contributed by atoms with E-state index in [1.54, 1.807) is 6.08 Å². The number of imidazole rings is 1. The molecule has 6 rings (SSSR count). The Morgan fingerprint density at radius 3 is 2.88 bits per heavy atom. The number of rotatable bonds is 3. The van der Waals surface area contributed by atoms with Crippen molar-refractivity contribution in [2.45, 2.75) is 38.8 Å². The zero-order valence-corrected chi connectivity index (χ0v) is 17.9. The molecule has 0 spiro atoms. The van der Waals surface area contributed by atoms with Gasteiger partial charge >= 0.3 is 0 Å². The summed E-state index contributed by atoms with van der Waals surface area (Å²) in [5.74, 6) is 2.49. The van der Waals surface area contributed by atoms with E-state index in [1.165, 1.54) is 18.4 Å². The number of allylic oxidation sites excluding steroid dienone is 1. The number of nitrogens with zero attached hydrogens (tertiary/aromatic N) is 4. The zero-order chi connectivity index (χ0) is 21.7. The van der Waals surface area contributed by atoms with Crippen LogP contribution in [0.2, 0.25) is 0 Å². The smallest absolute Gasteiger partial charge is 0.160 e. The van der Waals surface area contributed by atoms with Crippen molar-refractivity contribution in [3.05, 3.63) is 94.4 Å². The lowest BCUT2D eigenvalue weighted by molar-refractivity contribution is 0.307. The number of pyridine rings is 1. The highest BCUT2D eigenvalue weighted by Crippen LogP contribution is 2.41. The molecule has 1 saturated carbocycles. The molecule has 0 amide bonds. The van der Waals surface area contributed by atoms with E-state index < -0.39 is 0 Å². The average molecular weight is 419 g/mol. The summed E-state index contributed by atoms with van der Waals surface area (Å²) >= 11 is 0. The molecule has 1 aliphatic carbocycles. The molecule has 4 aromatic rings. The molecule has 5 heteroatoms. The first kappa shape index (κ1) is 18.8. The van der Waals surface area contributed by atoms with Crippen molar-refractivity contribution in [1.29, 1.82) is 5.26 Å². The molecule has 1 aliphatic heterocycles. The van der Waals surface area contributed by atoms with Crippen LogP contribution >= 0.6 is 0 Å². The van der Waals surface area contributed by atoms with Crippen LogP contribution in [0.3, 0.4) is 0 Å². The summed E-state index contributed by atoms with van der Waals surface area (Å²) in [5.41, 5.74) is 8.30. The molecule has 0 radical (unpaired) electrons. The minimum Gasteiger partial charge on any atom is -0.488 e. The Hall–Kier alpha value is -3.91. The van der Waals surface area contributed by atoms with E-state index in [4.69, 9.17) is 9.72 Å². The van der Waals surface area contributed by atoms with Gasteiger partial charge in [0.25, 0.3) is 0 Å². The fourth-order valence-corrected chi connectivity index (χ4v) is 4.61. The van der Waals surface area contributed by atoms with Crippen molar-refractivity contribution >= 4 is 16.7 Å². The van der Waals surface area contributed by atoms with Gasteiger partial charge in [-0.25, -0.2) is 9.97 Å². The number of para-hydroxylation sites is 1. The van der Waals surface area contributed by atoms with Gasteiger partial charge < -0.3 is 9.30 Å². The number of hydrogen-bond donors (Lipinski definition) is 0. The summed E-state index contributed by atoms with van der Waals surface area (Å²) in [6.45, 7) is 3.29. The van der Waals surface area contributed by atoms with Crippen LogP contribution in [0.5, 0.6) is 5.75 Å². The summed E-state index contributed by atoms with van der Waals surface area (Å²) in [6, 6.07) is 18.6. The van der Waals surface area contributed by atoms with E-state index >= 15 is 0 Å². The Labute approximate surface area is 186 Å². The van der Waals surface area contributed by atoms with E-state index in [0.29, 0.717) is 12.5 Å². The molecule has 0 unspecified atom stereocenters. The van der Waals surface area contributed by atoms with Crippen LogP contribution in [-0.2, 0) is 13.2 Å². The first-order valence-corrected chi connectivity index (χ1v) is 11.0. The maximum atomic E-state index is 9.41. The molecule has 156 valence electrons. The minimum atomic E-state index is 0.473. The lowest BCUT2D eigenvalue weighted by Crippen LogP contribution is -2.06. The van der Waals surface area contributed by atoms with E-state index in [2.05, 4.69) is 40.7 Å². The van der Waals surface area contributed by atoms with Gasteiger partial charge in [0, 0.05) is 29.3 Å². The number of nitriles is 1. The number of hydrogen-bond acceptors (Lipinski definition) is 4. The molecule has 0 saturated heterocycles. The number of fused-ring (bicyclic) bond motifs is 3. The maximum absolute atomic E-state index is 9.41. The fraction of sp³-hybridized carbons (Fsp3) is 0.222. The van der Waals surface area contributed by atoms with Gasteiger partial charge in [-0.15, -0.1) is 0 Å². The molecule has 5 nitrogen and oxygen atoms in total. The first-order valence-electron chi connectivity index (χ1n) is 11.0. The van der Waals surface area contributed by atoms with Gasteiger partial charge in [0.1, 0.15) is 23.7 Å². The summed E-state index contributed by atoms with van der Waals surface area (Å²) < 4.78 is 8.40. The zero-order valence-electron chi connectivity index (χ0n) is 17.9. The minimum absolute atomic E-state index is 0.473. The average Bonchev–Trinajstić information content (AvgIpc) is 3.61. The van der Waals surface area contributed by atoms with E-state index in [0.717, 1.165) is 57.1 Å². The third-order valence-electron chi connectivity index (χ3n) is 6.38. The van der Waals surface area contributed by atoms with Crippen LogP contribution in [0.25, 0.3) is 16.7 Å². The maximum Gasteiger partial charge on any atom is 0.160 e. The number of aryl methyl sites for hydroxylation is 1. The monoisotopic (exact) mass is 418 g/mol. The molecule has 3 heterocycles. The van der Waals surface area contributed by atoms with Crippen LogP contribution in [0.1, 0.15) is 52.4 Å². The molecule has 32 heavy (non-hydrogen) atoms. The van der Waals surface area contributed by atoms with Gasteiger partial charge in [-0.05, 0) is 60.2 Å². The molecule has 2 aliphatic rings. The lowest BCUT2D eigenvalue weighted by atomic mass is 9.93. The van der Waals surface area contributed by atoms with Gasteiger partial charge in [-0.2, -0.15) is 5.26 Å². The highest BCUT2D eigenvalue weighted by Gasteiger charge is 2.30. The molecular formula is C27H22N4O. The standard InChI is InChI=1S/C27H22N4O/c1-17-11-13-29-27-25(17)30-26(19-7-8-19)31(27)15-18-6-9-21-20(14-18)16-32-24-5-3-2-4-23(24)22(21)10-12-28/h2-6,9-11,13-14,19H,7-8,15-16H2,1H3/b22-10-. The van der Waals surface area contributed by atoms with Gasteiger partial charge in [-0.3, -0.25) is 0 Å². The number of benzene rings is 2. The number of ether oxygens (including phenoxy) is 1. The van der Waals surface area contributed by atoms with Crippen molar-refractivity contribution < 1.29 is 4.74 Å². The number of aromatic nitrogens is 3. The Morgan fingerprint density at radius 2 is 2.03 bits per heavy atom. The van der Waals surface area contributed by atoms with Gasteiger partial charge in [0.2, 0.25) is 0 Å². The van der Waals surface area contributed by atoms with Crippen LogP contribution in [0.4, 0.5) is 0 Å². The van der Waals surface area contributed by atoms with Crippen LogP contribution in [0, 0.1) is 18.3 Å². The summed E-state index contributed by atoms with van der Waals surface area (Å²) in [5, 5.41) is 9.41. The largest absolute Gasteiger partial charge is 0.488 e. The van der Waals surface area contributed by atoms with Crippen molar-refractivity contribution in [1.82, 2.24) is 14.5 Å². The lowest BCUT2D eigenvalue weighted by Gasteiger charge is -2.13. The molecule has 1 fully saturated rings. The summed E-state index contributed by atoms with van der Waals surface area (Å²) in [6.07, 6.45) is 5.88. The predicted octanol–water partition coefficient (Wildman–Crippen LogP) is 5.51. The van der Waals surface area contributed by atoms with Gasteiger partial charge in [0.05, 0.1) is 12.6 Å². The molecule has 0 N–H and O–H groups in total. The van der Waals surface area contributed by atoms with E-state index in [9.17, 15) is 5.26 Å². The van der Waals surface area contributed by atoms with E-state index in [-0.39, 0.29) is 0 Å². The highest BCUT2D eigenvalue weighted by atomic mass is 16.5. The second-order valence-electron chi connectivity index (χ2n) is 8.59. The topological polar surface area (TPSA) is 63.7 Å². The second-order valence-corrected chi connectivity index (χ2v) is 8.59. The summed E-state index contributed by atoms with van der Waals surface area (Å²) in [7, 11) is 0. The van der Waals surface area contributed by atoms with Crippen molar-refractivity contribution in [2.75, 3.05) is 0 Å². The Morgan fingerprint density at radius 1 is 1.16 bits per heavy atom. The van der Waals surface area contributed by atoms with Crippen molar-refractivity contribution in [2.24, 2.45) is 0 Å². The Bertz CT molecular complexity index is 1440. The highest BCUT2D eigenvalue weighted by molar-refractivity contribution is 5.86. The molecule has 2 aromatic heterocycles. The molecule has 0 bridgehead atoms. The third-order valence-corrected chi connectivity index (χ3v) is 6.38. The summed E-state index contributed by atoms with van der Waals surface area (Å²) in [4.78, 5) is 9.63. The quantitative estimate of drug-likeness (QED) is 0.411. The van der Waals surface area contributed by atoms with Crippen molar-refractivity contribution in [3.8, 4) is 11.8 Å². The first-order chi connectivity index (χ1) is 15.7.